The highest BCUT2D eigenvalue weighted by Crippen LogP contribution is 2.18. The van der Waals surface area contributed by atoms with Crippen molar-refractivity contribution in [2.24, 2.45) is 0 Å². The van der Waals surface area contributed by atoms with E-state index in [9.17, 15) is 19.5 Å². The number of hydrogen-bond donors (Lipinski definition) is 0. The normalized spacial score (nSPS) is 13.6. The Morgan fingerprint density at radius 1 is 0.316 bits per heavy atom. The fourth-order valence-corrected chi connectivity index (χ4v) is 10.5. The first-order valence-electron chi connectivity index (χ1n) is 38.6. The summed E-state index contributed by atoms with van der Waals surface area (Å²) in [6.07, 6.45) is 108. The third-order valence-corrected chi connectivity index (χ3v) is 16.3. The highest BCUT2D eigenvalue weighted by molar-refractivity contribution is 5.70. The van der Waals surface area contributed by atoms with Crippen LogP contribution in [0.4, 0.5) is 0 Å². The van der Waals surface area contributed by atoms with E-state index in [4.69, 9.17) is 18.9 Å². The van der Waals surface area contributed by atoms with E-state index in [0.717, 1.165) is 128 Å². The number of aliphatic carboxylic acids is 1. The summed E-state index contributed by atoms with van der Waals surface area (Å²) in [4.78, 5) is 37.6. The lowest BCUT2D eigenvalue weighted by molar-refractivity contribution is -0.870. The van der Waals surface area contributed by atoms with Crippen molar-refractivity contribution in [3.05, 3.63) is 158 Å². The van der Waals surface area contributed by atoms with E-state index in [1.807, 2.05) is 21.1 Å². The topological polar surface area (TPSA) is 111 Å². The van der Waals surface area contributed by atoms with Crippen LogP contribution < -0.4 is 5.11 Å². The second kappa shape index (κ2) is 74.7. The van der Waals surface area contributed by atoms with Gasteiger partial charge in [-0.1, -0.05) is 332 Å². The molecule has 9 heteroatoms. The number of hydrogen-bond acceptors (Lipinski definition) is 8. The number of ether oxygens (including phenoxy) is 4. The number of carboxylic acid groups (broad SMARTS) is 1. The summed E-state index contributed by atoms with van der Waals surface area (Å²) in [5.41, 5.74) is 0. The van der Waals surface area contributed by atoms with Gasteiger partial charge in [0.1, 0.15) is 13.2 Å². The zero-order valence-electron chi connectivity index (χ0n) is 61.7. The van der Waals surface area contributed by atoms with Crippen molar-refractivity contribution in [2.45, 2.75) is 322 Å². The van der Waals surface area contributed by atoms with E-state index in [0.29, 0.717) is 17.4 Å². The van der Waals surface area contributed by atoms with Gasteiger partial charge in [0.15, 0.2) is 12.4 Å². The zero-order valence-corrected chi connectivity index (χ0v) is 61.7. The summed E-state index contributed by atoms with van der Waals surface area (Å²) in [6.45, 7) is 4.50. The minimum Gasteiger partial charge on any atom is -0.545 e. The maximum atomic E-state index is 12.9. The third-order valence-electron chi connectivity index (χ3n) is 16.3. The van der Waals surface area contributed by atoms with E-state index in [1.54, 1.807) is 0 Å². The number of esters is 2. The molecule has 0 aromatic carbocycles. The van der Waals surface area contributed by atoms with Crippen LogP contribution >= 0.6 is 0 Å². The van der Waals surface area contributed by atoms with E-state index in [1.165, 1.54) is 148 Å². The van der Waals surface area contributed by atoms with Crippen molar-refractivity contribution >= 4 is 17.9 Å². The molecule has 0 saturated heterocycles. The molecule has 2 atom stereocenters. The van der Waals surface area contributed by atoms with Crippen molar-refractivity contribution in [1.29, 1.82) is 0 Å². The molecular formula is C86H143NO8. The van der Waals surface area contributed by atoms with Gasteiger partial charge in [-0.3, -0.25) is 9.59 Å². The van der Waals surface area contributed by atoms with Crippen LogP contribution in [0.5, 0.6) is 0 Å². The summed E-state index contributed by atoms with van der Waals surface area (Å²) in [7, 11) is 5.92. The van der Waals surface area contributed by atoms with Crippen LogP contribution in [0, 0.1) is 0 Å². The monoisotopic (exact) mass is 1320 g/mol. The molecule has 0 radical (unpaired) electrons. The number of carbonyl (C=O) groups excluding carboxylic acids is 3. The molecule has 540 valence electrons. The molecule has 0 amide bonds. The average Bonchev–Trinajstić information content (AvgIpc) is 2.86. The smallest absolute Gasteiger partial charge is 0.306 e. The summed E-state index contributed by atoms with van der Waals surface area (Å²) in [5, 5.41) is 11.8. The number of unbranched alkanes of at least 4 members (excludes halogenated alkanes) is 29. The lowest BCUT2D eigenvalue weighted by Crippen LogP contribution is -2.44. The number of carboxylic acids is 1. The van der Waals surface area contributed by atoms with Gasteiger partial charge in [0.2, 0.25) is 0 Å². The lowest BCUT2D eigenvalue weighted by Gasteiger charge is -2.26. The predicted octanol–water partition coefficient (Wildman–Crippen LogP) is 23.5. The zero-order chi connectivity index (χ0) is 69.0. The first kappa shape index (κ1) is 89.9. The summed E-state index contributed by atoms with van der Waals surface area (Å²) in [6, 6.07) is 0. The van der Waals surface area contributed by atoms with Crippen molar-refractivity contribution < 1.29 is 42.9 Å². The SMILES string of the molecule is CC/C=C\C/C=C\C/C=C\C/C=C\C/C=C\C/C=C\C/C=C\C/C=C\CCCCCCC(=O)OC(COC(=O)CCCCCCCCCCCCCCCCCCCCCCCCCCC/C=C\C/C=C\C/C=C\C/C=C\C/C=C\CC)COC(OCC[N+](C)(C)C)C(=O)[O-]. The van der Waals surface area contributed by atoms with Crippen LogP contribution in [-0.2, 0) is 33.3 Å². The molecule has 0 aromatic rings. The molecule has 0 aliphatic carbocycles. The average molecular weight is 1320 g/mol. The molecule has 0 aromatic heterocycles. The molecule has 0 heterocycles. The Hall–Kier alpha value is -5.09. The predicted molar refractivity (Wildman–Crippen MR) is 407 cm³/mol. The molecule has 0 spiro atoms. The molecule has 0 N–H and O–H groups in total. The molecule has 9 nitrogen and oxygen atoms in total. The number of quaternary nitrogens is 1. The number of likely N-dealkylation sites (N-methyl/N-ethyl adjacent to an activating group) is 1. The standard InChI is InChI=1S/C86H143NO8/c1-6-8-10-12-14-16-18-20-22-24-26-28-30-32-34-36-37-38-39-40-41-42-43-44-45-46-47-49-50-52-54-56-58-60-62-64-66-68-70-72-74-76-83(88)93-80-82(81-94-86(85(90)91)92-79-78-87(3,4)5)95-84(89)77-75-73-71-69-67-65-63-61-59-57-55-53-51-48-35-33-31-29-27-25-23-21-19-17-15-13-11-9-7-2/h8-11,14-17,20-23,26-29,32-35,51,53,57,59,63,65,82,86H,6-7,12-13,18-19,24-25,30-31,36-50,52,54-56,58,60-62,64,66-81H2,1-5H3/b10-8-,11-9-,16-14-,17-15-,22-20-,23-21-,28-26-,29-27-,34-32-,35-33-,53-51-,59-57-,65-63-. The van der Waals surface area contributed by atoms with Crippen LogP contribution in [0.2, 0.25) is 0 Å². The quantitative estimate of drug-likeness (QED) is 0.0195. The maximum Gasteiger partial charge on any atom is 0.306 e. The summed E-state index contributed by atoms with van der Waals surface area (Å²) >= 11 is 0. The Morgan fingerprint density at radius 3 is 0.842 bits per heavy atom. The van der Waals surface area contributed by atoms with Crippen LogP contribution in [0.1, 0.15) is 309 Å². The van der Waals surface area contributed by atoms with E-state index in [2.05, 4.69) is 172 Å². The van der Waals surface area contributed by atoms with Crippen molar-refractivity contribution in [1.82, 2.24) is 0 Å². The van der Waals surface area contributed by atoms with Gasteiger partial charge < -0.3 is 33.3 Å². The highest BCUT2D eigenvalue weighted by atomic mass is 16.7. The van der Waals surface area contributed by atoms with Gasteiger partial charge in [0, 0.05) is 12.8 Å². The van der Waals surface area contributed by atoms with E-state index < -0.39 is 24.3 Å². The van der Waals surface area contributed by atoms with Gasteiger partial charge >= 0.3 is 11.9 Å². The largest absolute Gasteiger partial charge is 0.545 e. The van der Waals surface area contributed by atoms with Crippen LogP contribution in [0.3, 0.4) is 0 Å². The van der Waals surface area contributed by atoms with E-state index >= 15 is 0 Å². The molecule has 95 heavy (non-hydrogen) atoms. The molecule has 0 aliphatic rings. The van der Waals surface area contributed by atoms with Gasteiger partial charge in [0.25, 0.3) is 0 Å². The molecule has 2 unspecified atom stereocenters. The molecule has 0 aliphatic heterocycles. The van der Waals surface area contributed by atoms with Gasteiger partial charge in [0.05, 0.1) is 40.3 Å². The highest BCUT2D eigenvalue weighted by Gasteiger charge is 2.22. The molecular weight excluding hydrogens is 1170 g/mol. The Morgan fingerprint density at radius 2 is 0.568 bits per heavy atom. The minimum absolute atomic E-state index is 0.136. The van der Waals surface area contributed by atoms with Gasteiger partial charge in [-0.2, -0.15) is 0 Å². The van der Waals surface area contributed by atoms with Crippen molar-refractivity contribution in [2.75, 3.05) is 47.5 Å². The van der Waals surface area contributed by atoms with E-state index in [-0.39, 0.29) is 38.6 Å². The fraction of sp³-hybridized carbons (Fsp3) is 0.663. The third kappa shape index (κ3) is 76.1. The molecule has 0 rings (SSSR count). The first-order valence-corrected chi connectivity index (χ1v) is 38.6. The van der Waals surface area contributed by atoms with Crippen LogP contribution in [0.15, 0.2) is 158 Å². The summed E-state index contributed by atoms with van der Waals surface area (Å²) < 4.78 is 22.8. The maximum absolute atomic E-state index is 12.9. The Labute approximate surface area is 584 Å². The fourth-order valence-electron chi connectivity index (χ4n) is 10.5. The van der Waals surface area contributed by atoms with Gasteiger partial charge in [-0.25, -0.2) is 0 Å². The van der Waals surface area contributed by atoms with Crippen LogP contribution in [0.25, 0.3) is 0 Å². The second-order valence-electron chi connectivity index (χ2n) is 26.5. The molecule has 0 bridgehead atoms. The Kier molecular flexibility index (Phi) is 70.7. The Bertz CT molecular complexity index is 2130. The number of carbonyl (C=O) groups is 3. The van der Waals surface area contributed by atoms with Gasteiger partial charge in [-0.15, -0.1) is 0 Å². The number of nitrogens with zero attached hydrogens (tertiary/aromatic N) is 1. The summed E-state index contributed by atoms with van der Waals surface area (Å²) in [5.74, 6) is -2.32. The van der Waals surface area contributed by atoms with Crippen molar-refractivity contribution in [3.8, 4) is 0 Å². The van der Waals surface area contributed by atoms with Gasteiger partial charge in [-0.05, 0) is 122 Å². The Balaban J connectivity index is 4.06. The first-order chi connectivity index (χ1) is 46.6. The van der Waals surface area contributed by atoms with Crippen molar-refractivity contribution in [3.63, 3.8) is 0 Å². The number of allylic oxidation sites excluding steroid dienone is 26. The number of rotatable bonds is 70. The molecule has 0 saturated carbocycles. The minimum atomic E-state index is -1.64. The second-order valence-corrected chi connectivity index (χ2v) is 26.5. The van der Waals surface area contributed by atoms with Crippen LogP contribution in [-0.4, -0.2) is 82.3 Å². The lowest BCUT2D eigenvalue weighted by atomic mass is 10.0. The molecule has 0 fully saturated rings.